The molecule has 0 aliphatic rings. The summed E-state index contributed by atoms with van der Waals surface area (Å²) in [6, 6.07) is 13.7. The van der Waals surface area contributed by atoms with E-state index in [1.165, 1.54) is 0 Å². The van der Waals surface area contributed by atoms with Gasteiger partial charge in [-0.2, -0.15) is 0 Å². The number of aryl methyl sites for hydroxylation is 2. The van der Waals surface area contributed by atoms with Crippen molar-refractivity contribution in [3.8, 4) is 0 Å². The first-order chi connectivity index (χ1) is 9.49. The molecule has 104 valence electrons. The lowest BCUT2D eigenvalue weighted by Crippen LogP contribution is -2.14. The van der Waals surface area contributed by atoms with E-state index in [2.05, 4.69) is 21.2 Å². The second kappa shape index (κ2) is 6.23. The Morgan fingerprint density at radius 2 is 1.85 bits per heavy atom. The maximum Gasteiger partial charge on any atom is 0.255 e. The Kier molecular flexibility index (Phi) is 4.61. The highest BCUT2D eigenvalue weighted by atomic mass is 79.9. The van der Waals surface area contributed by atoms with Crippen molar-refractivity contribution in [3.05, 3.63) is 64.7 Å². The maximum absolute atomic E-state index is 12.4. The normalized spacial score (nSPS) is 12.0. The summed E-state index contributed by atoms with van der Waals surface area (Å²) in [4.78, 5) is 12.6. The standard InChI is InChI=1S/C17H18BrNO/c1-11-8-9-14(12(2)10-11)17(20)19-16-7-5-4-6-15(16)13(3)18/h4-10,13H,1-3H3,(H,19,20). The van der Waals surface area contributed by atoms with Crippen molar-refractivity contribution in [3.63, 3.8) is 0 Å². The third-order valence-corrected chi connectivity index (χ3v) is 3.76. The Hall–Kier alpha value is -1.61. The van der Waals surface area contributed by atoms with E-state index in [4.69, 9.17) is 0 Å². The molecule has 3 heteroatoms. The predicted molar refractivity (Wildman–Crippen MR) is 87.7 cm³/mol. The molecular weight excluding hydrogens is 314 g/mol. The Labute approximate surface area is 128 Å². The second-order valence-corrected chi connectivity index (χ2v) is 6.35. The Balaban J connectivity index is 2.28. The van der Waals surface area contributed by atoms with Gasteiger partial charge in [0.1, 0.15) is 0 Å². The first-order valence-corrected chi connectivity index (χ1v) is 7.52. The van der Waals surface area contributed by atoms with Crippen molar-refractivity contribution in [2.75, 3.05) is 5.32 Å². The molecule has 0 spiro atoms. The van der Waals surface area contributed by atoms with Gasteiger partial charge in [0.15, 0.2) is 0 Å². The van der Waals surface area contributed by atoms with Gasteiger partial charge in [-0.3, -0.25) is 4.79 Å². The first-order valence-electron chi connectivity index (χ1n) is 6.60. The predicted octanol–water partition coefficient (Wildman–Crippen LogP) is 5.01. The van der Waals surface area contributed by atoms with Crippen LogP contribution in [-0.2, 0) is 0 Å². The number of nitrogens with one attached hydrogen (secondary N) is 1. The van der Waals surface area contributed by atoms with Crippen LogP contribution in [0.3, 0.4) is 0 Å². The van der Waals surface area contributed by atoms with E-state index in [1.54, 1.807) is 0 Å². The minimum atomic E-state index is -0.0666. The molecule has 0 heterocycles. The van der Waals surface area contributed by atoms with Gasteiger partial charge < -0.3 is 5.32 Å². The number of benzene rings is 2. The summed E-state index contributed by atoms with van der Waals surface area (Å²) in [5.74, 6) is -0.0666. The smallest absolute Gasteiger partial charge is 0.255 e. The highest BCUT2D eigenvalue weighted by Gasteiger charge is 2.13. The summed E-state index contributed by atoms with van der Waals surface area (Å²) in [5, 5.41) is 3.00. The molecule has 0 aromatic heterocycles. The Morgan fingerprint density at radius 1 is 1.15 bits per heavy atom. The molecule has 0 saturated carbocycles. The van der Waals surface area contributed by atoms with Gasteiger partial charge in [0, 0.05) is 16.1 Å². The fourth-order valence-corrected chi connectivity index (χ4v) is 2.61. The van der Waals surface area contributed by atoms with Crippen LogP contribution in [0.5, 0.6) is 0 Å². The van der Waals surface area contributed by atoms with Gasteiger partial charge in [-0.15, -0.1) is 0 Å². The second-order valence-electron chi connectivity index (χ2n) is 4.98. The van der Waals surface area contributed by atoms with Crippen molar-refractivity contribution in [1.82, 2.24) is 0 Å². The number of amides is 1. The lowest BCUT2D eigenvalue weighted by Gasteiger charge is -2.13. The van der Waals surface area contributed by atoms with E-state index in [0.29, 0.717) is 5.56 Å². The van der Waals surface area contributed by atoms with E-state index in [-0.39, 0.29) is 10.7 Å². The zero-order valence-electron chi connectivity index (χ0n) is 11.9. The van der Waals surface area contributed by atoms with Gasteiger partial charge in [-0.1, -0.05) is 51.8 Å². The SMILES string of the molecule is Cc1ccc(C(=O)Nc2ccccc2C(C)Br)c(C)c1. The van der Waals surface area contributed by atoms with Crippen LogP contribution in [0.15, 0.2) is 42.5 Å². The van der Waals surface area contributed by atoms with E-state index in [9.17, 15) is 4.79 Å². The van der Waals surface area contributed by atoms with Gasteiger partial charge in [-0.25, -0.2) is 0 Å². The lowest BCUT2D eigenvalue weighted by atomic mass is 10.0. The molecule has 0 aliphatic carbocycles. The zero-order valence-corrected chi connectivity index (χ0v) is 13.5. The number of hydrogen-bond acceptors (Lipinski definition) is 1. The Bertz CT molecular complexity index is 635. The molecule has 1 unspecified atom stereocenters. The third kappa shape index (κ3) is 3.28. The van der Waals surface area contributed by atoms with Crippen LogP contribution in [0.1, 0.15) is 38.8 Å². The van der Waals surface area contributed by atoms with Crippen LogP contribution in [0, 0.1) is 13.8 Å². The minimum Gasteiger partial charge on any atom is -0.322 e. The molecule has 1 N–H and O–H groups in total. The number of para-hydroxylation sites is 1. The number of alkyl halides is 1. The first kappa shape index (κ1) is 14.8. The fourth-order valence-electron chi connectivity index (χ4n) is 2.22. The number of rotatable bonds is 3. The maximum atomic E-state index is 12.4. The summed E-state index contributed by atoms with van der Waals surface area (Å²) >= 11 is 3.55. The molecule has 0 saturated heterocycles. The van der Waals surface area contributed by atoms with Crippen LogP contribution in [0.4, 0.5) is 5.69 Å². The number of carbonyl (C=O) groups is 1. The number of halogens is 1. The van der Waals surface area contributed by atoms with Crippen molar-refractivity contribution >= 4 is 27.5 Å². The third-order valence-electron chi connectivity index (χ3n) is 3.26. The fraction of sp³-hybridized carbons (Fsp3) is 0.235. The van der Waals surface area contributed by atoms with Crippen LogP contribution >= 0.6 is 15.9 Å². The average molecular weight is 332 g/mol. The van der Waals surface area contributed by atoms with Gasteiger partial charge in [0.2, 0.25) is 0 Å². The number of anilines is 1. The lowest BCUT2D eigenvalue weighted by molar-refractivity contribution is 0.102. The number of carbonyl (C=O) groups excluding carboxylic acids is 1. The van der Waals surface area contributed by atoms with Crippen molar-refractivity contribution in [2.24, 2.45) is 0 Å². The monoisotopic (exact) mass is 331 g/mol. The van der Waals surface area contributed by atoms with Crippen LogP contribution in [0.2, 0.25) is 0 Å². The molecule has 1 amide bonds. The van der Waals surface area contributed by atoms with Gasteiger partial charge in [0.05, 0.1) is 0 Å². The summed E-state index contributed by atoms with van der Waals surface area (Å²) in [5.41, 5.74) is 4.79. The van der Waals surface area contributed by atoms with Gasteiger partial charge in [0.25, 0.3) is 5.91 Å². The van der Waals surface area contributed by atoms with Gasteiger partial charge in [-0.05, 0) is 44.0 Å². The van der Waals surface area contributed by atoms with Crippen molar-refractivity contribution < 1.29 is 4.79 Å². The zero-order chi connectivity index (χ0) is 14.7. The van der Waals surface area contributed by atoms with E-state index in [1.807, 2.05) is 63.2 Å². The summed E-state index contributed by atoms with van der Waals surface area (Å²) in [7, 11) is 0. The van der Waals surface area contributed by atoms with Crippen LogP contribution in [0.25, 0.3) is 0 Å². The van der Waals surface area contributed by atoms with Crippen LogP contribution in [-0.4, -0.2) is 5.91 Å². The minimum absolute atomic E-state index is 0.0666. The van der Waals surface area contributed by atoms with Crippen LogP contribution < -0.4 is 5.32 Å². The topological polar surface area (TPSA) is 29.1 Å². The van der Waals surface area contributed by atoms with Crippen molar-refractivity contribution in [1.29, 1.82) is 0 Å². The molecule has 2 nitrogen and oxygen atoms in total. The molecule has 20 heavy (non-hydrogen) atoms. The molecule has 0 aliphatic heterocycles. The molecule has 0 radical (unpaired) electrons. The molecule has 2 rings (SSSR count). The molecular formula is C17H18BrNO. The summed E-state index contributed by atoms with van der Waals surface area (Å²) in [6.45, 7) is 6.03. The molecule has 0 bridgehead atoms. The Morgan fingerprint density at radius 3 is 2.50 bits per heavy atom. The molecule has 2 aromatic carbocycles. The quantitative estimate of drug-likeness (QED) is 0.787. The number of hydrogen-bond donors (Lipinski definition) is 1. The van der Waals surface area contributed by atoms with E-state index < -0.39 is 0 Å². The van der Waals surface area contributed by atoms with Gasteiger partial charge >= 0.3 is 0 Å². The summed E-state index contributed by atoms with van der Waals surface area (Å²) < 4.78 is 0. The summed E-state index contributed by atoms with van der Waals surface area (Å²) in [6.07, 6.45) is 0. The average Bonchev–Trinajstić information content (AvgIpc) is 2.38. The highest BCUT2D eigenvalue weighted by molar-refractivity contribution is 9.09. The van der Waals surface area contributed by atoms with E-state index >= 15 is 0 Å². The van der Waals surface area contributed by atoms with Crippen molar-refractivity contribution in [2.45, 2.75) is 25.6 Å². The van der Waals surface area contributed by atoms with E-state index in [0.717, 1.165) is 22.4 Å². The molecule has 1 atom stereocenters. The largest absolute Gasteiger partial charge is 0.322 e. The highest BCUT2D eigenvalue weighted by Crippen LogP contribution is 2.29. The molecule has 2 aromatic rings. The molecule has 0 fully saturated rings.